The lowest BCUT2D eigenvalue weighted by atomic mass is 9.86. The molecule has 1 fully saturated rings. The molecule has 6 aromatic rings. The average molecular weight is 516 g/mol. The number of hydrogen-bond acceptors (Lipinski definition) is 4. The minimum atomic E-state index is -0.582. The maximum atomic E-state index is 14.1. The van der Waals surface area contributed by atoms with Crippen molar-refractivity contribution in [1.82, 2.24) is 24.3 Å². The quantitative estimate of drug-likeness (QED) is 0.371. The zero-order valence-corrected chi connectivity index (χ0v) is 21.3. The number of rotatable bonds is 3. The van der Waals surface area contributed by atoms with E-state index in [4.69, 9.17) is 4.42 Å². The second-order valence-electron chi connectivity index (χ2n) is 10.6. The lowest BCUT2D eigenvalue weighted by molar-refractivity contribution is -0.159. The van der Waals surface area contributed by atoms with Gasteiger partial charge in [0, 0.05) is 42.0 Å². The fourth-order valence-electron chi connectivity index (χ4n) is 6.46. The number of nitrogens with one attached hydrogen (secondary N) is 1. The third kappa shape index (κ3) is 3.27. The maximum Gasteiger partial charge on any atom is 0.246 e. The maximum absolute atomic E-state index is 14.1. The van der Waals surface area contributed by atoms with E-state index in [-0.39, 0.29) is 18.4 Å². The number of furan rings is 1. The lowest BCUT2D eigenvalue weighted by Crippen LogP contribution is -2.62. The molecule has 1 N–H and O–H groups in total. The van der Waals surface area contributed by atoms with Crippen LogP contribution in [0.2, 0.25) is 0 Å². The zero-order chi connectivity index (χ0) is 26.2. The Morgan fingerprint density at radius 2 is 1.95 bits per heavy atom. The number of benzene rings is 3. The number of para-hydroxylation sites is 1. The predicted octanol–water partition coefficient (Wildman–Crippen LogP) is 4.69. The number of carbonyl (C=O) groups excluding carboxylic acids is 2. The number of aromatic amines is 1. The summed E-state index contributed by atoms with van der Waals surface area (Å²) in [7, 11) is 1.96. The van der Waals surface area contributed by atoms with Gasteiger partial charge in [0.2, 0.25) is 11.8 Å². The standard InChI is InChI=1S/C31H25N5O3/c1-34-17-32-24-12-18(6-8-25(24)34)15-35-16-28(37)36-26(31(35)38)14-22-21-4-2-3-5-23(21)33-29(22)30(36)20-7-9-27-19(13-20)10-11-39-27/h2-13,17,26,30,33H,14-16H2,1H3/t26-,30-/m1/s1. The van der Waals surface area contributed by atoms with Gasteiger partial charge in [-0.05, 0) is 53.1 Å². The van der Waals surface area contributed by atoms with Gasteiger partial charge in [0.1, 0.15) is 18.2 Å². The van der Waals surface area contributed by atoms with Gasteiger partial charge in [-0.2, -0.15) is 0 Å². The molecule has 8 heteroatoms. The highest BCUT2D eigenvalue weighted by Gasteiger charge is 2.48. The molecule has 192 valence electrons. The van der Waals surface area contributed by atoms with Crippen molar-refractivity contribution in [3.05, 3.63) is 102 Å². The van der Waals surface area contributed by atoms with E-state index in [0.29, 0.717) is 13.0 Å². The van der Waals surface area contributed by atoms with Crippen LogP contribution < -0.4 is 0 Å². The molecule has 3 aromatic carbocycles. The summed E-state index contributed by atoms with van der Waals surface area (Å²) in [5.41, 5.74) is 7.70. The van der Waals surface area contributed by atoms with Gasteiger partial charge >= 0.3 is 0 Å². The number of carbonyl (C=O) groups is 2. The smallest absolute Gasteiger partial charge is 0.246 e. The molecule has 39 heavy (non-hydrogen) atoms. The number of fused-ring (bicyclic) bond motifs is 6. The van der Waals surface area contributed by atoms with E-state index >= 15 is 0 Å². The van der Waals surface area contributed by atoms with Crippen LogP contribution in [0.4, 0.5) is 0 Å². The molecule has 1 saturated heterocycles. The van der Waals surface area contributed by atoms with Gasteiger partial charge in [-0.3, -0.25) is 9.59 Å². The first-order valence-electron chi connectivity index (χ1n) is 13.1. The van der Waals surface area contributed by atoms with E-state index in [0.717, 1.165) is 55.3 Å². The van der Waals surface area contributed by atoms with Crippen molar-refractivity contribution in [2.75, 3.05) is 6.54 Å². The Hall–Kier alpha value is -4.85. The number of amides is 2. The summed E-state index contributed by atoms with van der Waals surface area (Å²) >= 11 is 0. The van der Waals surface area contributed by atoms with Gasteiger partial charge in [-0.25, -0.2) is 4.98 Å². The highest BCUT2D eigenvalue weighted by Crippen LogP contribution is 2.43. The largest absolute Gasteiger partial charge is 0.464 e. The van der Waals surface area contributed by atoms with Crippen LogP contribution in [0.5, 0.6) is 0 Å². The molecule has 0 radical (unpaired) electrons. The van der Waals surface area contributed by atoms with E-state index in [1.54, 1.807) is 22.4 Å². The summed E-state index contributed by atoms with van der Waals surface area (Å²) in [6, 6.07) is 21.1. The van der Waals surface area contributed by atoms with Crippen molar-refractivity contribution in [2.45, 2.75) is 25.0 Å². The van der Waals surface area contributed by atoms with E-state index < -0.39 is 12.1 Å². The first kappa shape index (κ1) is 22.2. The Bertz CT molecular complexity index is 1950. The van der Waals surface area contributed by atoms with Gasteiger partial charge in [0.15, 0.2) is 0 Å². The molecule has 2 aliphatic heterocycles. The highest BCUT2D eigenvalue weighted by atomic mass is 16.3. The fraction of sp³-hybridized carbons (Fsp3) is 0.194. The minimum absolute atomic E-state index is 0.0268. The number of H-pyrrole nitrogens is 1. The summed E-state index contributed by atoms with van der Waals surface area (Å²) in [6.45, 7) is 0.406. The van der Waals surface area contributed by atoms with Crippen molar-refractivity contribution in [3.8, 4) is 0 Å². The third-order valence-electron chi connectivity index (χ3n) is 8.30. The second-order valence-corrected chi connectivity index (χ2v) is 10.6. The summed E-state index contributed by atoms with van der Waals surface area (Å²) in [5, 5.41) is 2.06. The monoisotopic (exact) mass is 515 g/mol. The molecule has 2 atom stereocenters. The number of nitrogens with zero attached hydrogens (tertiary/aromatic N) is 4. The SMILES string of the molecule is Cn1cnc2cc(CN3CC(=O)N4[C@H](c5ccc6occc6c5)c5[nH]c6ccccc6c5C[C@@H]4C3=O)ccc21. The number of hydrogen-bond donors (Lipinski definition) is 1. The van der Waals surface area contributed by atoms with E-state index in [9.17, 15) is 9.59 Å². The predicted molar refractivity (Wildman–Crippen MR) is 147 cm³/mol. The first-order valence-corrected chi connectivity index (χ1v) is 13.1. The zero-order valence-electron chi connectivity index (χ0n) is 21.3. The molecular weight excluding hydrogens is 490 g/mol. The topological polar surface area (TPSA) is 87.4 Å². The Morgan fingerprint density at radius 1 is 1.05 bits per heavy atom. The number of aromatic nitrogens is 3. The minimum Gasteiger partial charge on any atom is -0.464 e. The summed E-state index contributed by atoms with van der Waals surface area (Å²) < 4.78 is 7.53. The van der Waals surface area contributed by atoms with E-state index in [2.05, 4.69) is 22.1 Å². The van der Waals surface area contributed by atoms with Gasteiger partial charge in [-0.15, -0.1) is 0 Å². The summed E-state index contributed by atoms with van der Waals surface area (Å²) in [5.74, 6) is -0.0823. The summed E-state index contributed by atoms with van der Waals surface area (Å²) in [6.07, 6.45) is 3.93. The Labute approximate surface area is 223 Å². The van der Waals surface area contributed by atoms with Crippen LogP contribution in [0.3, 0.4) is 0 Å². The molecule has 8 rings (SSSR count). The molecule has 8 nitrogen and oxygen atoms in total. The molecule has 2 amide bonds. The highest BCUT2D eigenvalue weighted by molar-refractivity contribution is 5.98. The molecule has 0 unspecified atom stereocenters. The van der Waals surface area contributed by atoms with Crippen molar-refractivity contribution >= 4 is 44.7 Å². The van der Waals surface area contributed by atoms with E-state index in [1.807, 2.05) is 66.2 Å². The first-order chi connectivity index (χ1) is 19.0. The lowest BCUT2D eigenvalue weighted by Gasteiger charge is -2.47. The Balaban J connectivity index is 1.22. The molecular formula is C31H25N5O3. The Kier molecular flexibility index (Phi) is 4.59. The van der Waals surface area contributed by atoms with Crippen LogP contribution in [0.15, 0.2) is 83.7 Å². The third-order valence-corrected chi connectivity index (χ3v) is 8.30. The van der Waals surface area contributed by atoms with Crippen molar-refractivity contribution < 1.29 is 14.0 Å². The van der Waals surface area contributed by atoms with Crippen molar-refractivity contribution in [1.29, 1.82) is 0 Å². The molecule has 0 spiro atoms. The molecule has 5 heterocycles. The average Bonchev–Trinajstić information content (AvgIpc) is 3.67. The van der Waals surface area contributed by atoms with Crippen molar-refractivity contribution in [3.63, 3.8) is 0 Å². The molecule has 0 bridgehead atoms. The molecule has 2 aliphatic rings. The molecule has 0 aliphatic carbocycles. The van der Waals surface area contributed by atoms with Gasteiger partial charge in [0.05, 0.1) is 29.7 Å². The fourth-order valence-corrected chi connectivity index (χ4v) is 6.46. The number of imidazole rings is 1. The molecule has 3 aromatic heterocycles. The van der Waals surface area contributed by atoms with Crippen LogP contribution in [-0.2, 0) is 29.6 Å². The van der Waals surface area contributed by atoms with Crippen LogP contribution in [0.1, 0.15) is 28.4 Å². The van der Waals surface area contributed by atoms with Gasteiger partial charge < -0.3 is 23.8 Å². The van der Waals surface area contributed by atoms with E-state index in [1.165, 1.54) is 0 Å². The van der Waals surface area contributed by atoms with Crippen LogP contribution in [0.25, 0.3) is 32.9 Å². The van der Waals surface area contributed by atoms with Crippen LogP contribution >= 0.6 is 0 Å². The van der Waals surface area contributed by atoms with Crippen LogP contribution in [-0.4, -0.2) is 48.7 Å². The van der Waals surface area contributed by atoms with Gasteiger partial charge in [-0.1, -0.05) is 30.3 Å². The second kappa shape index (κ2) is 8.07. The van der Waals surface area contributed by atoms with Crippen molar-refractivity contribution in [2.24, 2.45) is 7.05 Å². The summed E-state index contributed by atoms with van der Waals surface area (Å²) in [4.78, 5) is 39.5. The Morgan fingerprint density at radius 3 is 2.87 bits per heavy atom. The van der Waals surface area contributed by atoms with Gasteiger partial charge in [0.25, 0.3) is 0 Å². The normalized spacial score (nSPS) is 19.3. The number of aryl methyl sites for hydroxylation is 1. The number of piperazine rings is 1. The van der Waals surface area contributed by atoms with Crippen LogP contribution in [0, 0.1) is 0 Å². The molecule has 0 saturated carbocycles.